The highest BCUT2D eigenvalue weighted by atomic mass is 16.5. The van der Waals surface area contributed by atoms with Crippen LogP contribution < -0.4 is 5.32 Å². The Labute approximate surface area is 476 Å². The summed E-state index contributed by atoms with van der Waals surface area (Å²) >= 11 is 0. The lowest BCUT2D eigenvalue weighted by Crippen LogP contribution is -2.45. The highest BCUT2D eigenvalue weighted by Gasteiger charge is 2.18. The molecule has 0 saturated heterocycles. The number of aliphatic hydroxyl groups is 2. The molecule has 0 aromatic heterocycles. The molecular formula is C70H137NO5. The number of esters is 1. The van der Waals surface area contributed by atoms with Crippen molar-refractivity contribution in [3.8, 4) is 0 Å². The SMILES string of the molecule is CCCCCCCCCCCCCCCCCCCCCCCCC/C=C/C(O)C(CO)NC(=O)CCCCCCCCCCCCCCCCCCCCCCCOC(=O)CCCCCCCCCCCCCCC. The first kappa shape index (κ1) is 74.6. The van der Waals surface area contributed by atoms with Crippen molar-refractivity contribution in [1.82, 2.24) is 5.32 Å². The van der Waals surface area contributed by atoms with Crippen LogP contribution in [0.1, 0.15) is 399 Å². The lowest BCUT2D eigenvalue weighted by atomic mass is 10.0. The molecule has 76 heavy (non-hydrogen) atoms. The minimum absolute atomic E-state index is 0.0141. The fourth-order valence-corrected chi connectivity index (χ4v) is 11.2. The van der Waals surface area contributed by atoms with E-state index in [4.69, 9.17) is 4.74 Å². The Kier molecular flexibility index (Phi) is 64.9. The first-order valence-electron chi connectivity index (χ1n) is 35.0. The molecule has 0 aliphatic rings. The summed E-state index contributed by atoms with van der Waals surface area (Å²) in [7, 11) is 0. The van der Waals surface area contributed by atoms with Crippen molar-refractivity contribution in [2.24, 2.45) is 0 Å². The van der Waals surface area contributed by atoms with Crippen molar-refractivity contribution in [2.45, 2.75) is 411 Å². The van der Waals surface area contributed by atoms with E-state index in [1.165, 1.54) is 334 Å². The summed E-state index contributed by atoms with van der Waals surface area (Å²) in [6.45, 7) is 4.95. The van der Waals surface area contributed by atoms with E-state index in [0.717, 1.165) is 38.5 Å². The van der Waals surface area contributed by atoms with Gasteiger partial charge in [-0.25, -0.2) is 0 Å². The van der Waals surface area contributed by atoms with Gasteiger partial charge in [0.15, 0.2) is 0 Å². The lowest BCUT2D eigenvalue weighted by Gasteiger charge is -2.20. The van der Waals surface area contributed by atoms with Gasteiger partial charge in [0.2, 0.25) is 5.91 Å². The first-order chi connectivity index (χ1) is 37.5. The molecule has 0 rings (SSSR count). The third kappa shape index (κ3) is 61.8. The number of amides is 1. The van der Waals surface area contributed by atoms with Crippen molar-refractivity contribution >= 4 is 11.9 Å². The van der Waals surface area contributed by atoms with Crippen molar-refractivity contribution in [3.63, 3.8) is 0 Å². The number of allylic oxidation sites excluding steroid dienone is 1. The molecule has 6 heteroatoms. The Morgan fingerprint density at radius 2 is 0.605 bits per heavy atom. The van der Waals surface area contributed by atoms with E-state index in [9.17, 15) is 19.8 Å². The summed E-state index contributed by atoms with van der Waals surface area (Å²) in [5.41, 5.74) is 0. The van der Waals surface area contributed by atoms with Gasteiger partial charge in [0.05, 0.1) is 25.4 Å². The summed E-state index contributed by atoms with van der Waals surface area (Å²) in [6.07, 6.45) is 81.4. The smallest absolute Gasteiger partial charge is 0.305 e. The first-order valence-corrected chi connectivity index (χ1v) is 35.0. The Morgan fingerprint density at radius 3 is 0.895 bits per heavy atom. The number of carbonyl (C=O) groups is 2. The molecule has 1 amide bonds. The highest BCUT2D eigenvalue weighted by Crippen LogP contribution is 2.19. The number of aliphatic hydroxyl groups excluding tert-OH is 2. The second kappa shape index (κ2) is 66.1. The number of nitrogens with one attached hydrogen (secondary N) is 1. The van der Waals surface area contributed by atoms with E-state index in [2.05, 4.69) is 19.2 Å². The van der Waals surface area contributed by atoms with E-state index < -0.39 is 12.1 Å². The molecule has 0 radical (unpaired) electrons. The highest BCUT2D eigenvalue weighted by molar-refractivity contribution is 5.76. The molecule has 0 aromatic carbocycles. The fraction of sp³-hybridized carbons (Fsp3) is 0.943. The Hall–Kier alpha value is -1.40. The Bertz CT molecular complexity index is 1140. The van der Waals surface area contributed by atoms with Crippen LogP contribution in [0.2, 0.25) is 0 Å². The molecule has 452 valence electrons. The van der Waals surface area contributed by atoms with Crippen molar-refractivity contribution < 1.29 is 24.5 Å². The predicted octanol–water partition coefficient (Wildman–Crippen LogP) is 22.4. The van der Waals surface area contributed by atoms with Gasteiger partial charge in [0.1, 0.15) is 0 Å². The average Bonchev–Trinajstić information content (AvgIpc) is 3.42. The Morgan fingerprint density at radius 1 is 0.355 bits per heavy atom. The summed E-state index contributed by atoms with van der Waals surface area (Å²) in [5.74, 6) is -0.0497. The van der Waals surface area contributed by atoms with Gasteiger partial charge < -0.3 is 20.3 Å². The number of unbranched alkanes of at least 4 members (excludes halogenated alkanes) is 55. The summed E-state index contributed by atoms with van der Waals surface area (Å²) in [6, 6.07) is -0.629. The van der Waals surface area contributed by atoms with Gasteiger partial charge in [-0.05, 0) is 32.1 Å². The van der Waals surface area contributed by atoms with Crippen molar-refractivity contribution in [2.75, 3.05) is 13.2 Å². The normalized spacial score (nSPS) is 12.5. The van der Waals surface area contributed by atoms with Crippen LogP contribution in [-0.4, -0.2) is 47.4 Å². The molecule has 2 unspecified atom stereocenters. The second-order valence-electron chi connectivity index (χ2n) is 24.2. The second-order valence-corrected chi connectivity index (χ2v) is 24.2. The molecule has 3 N–H and O–H groups in total. The van der Waals surface area contributed by atoms with Crippen LogP contribution in [0.3, 0.4) is 0 Å². The molecule has 0 aliphatic heterocycles. The van der Waals surface area contributed by atoms with Crippen LogP contribution in [0.25, 0.3) is 0 Å². The predicted molar refractivity (Wildman–Crippen MR) is 333 cm³/mol. The fourth-order valence-electron chi connectivity index (χ4n) is 11.2. The molecule has 2 atom stereocenters. The Balaban J connectivity index is 3.41. The zero-order valence-electron chi connectivity index (χ0n) is 51.8. The maximum Gasteiger partial charge on any atom is 0.305 e. The number of carbonyl (C=O) groups excluding carboxylic acids is 2. The number of hydrogen-bond acceptors (Lipinski definition) is 5. The minimum Gasteiger partial charge on any atom is -0.466 e. The largest absolute Gasteiger partial charge is 0.466 e. The molecule has 0 bridgehead atoms. The molecule has 0 saturated carbocycles. The molecule has 0 fully saturated rings. The van der Waals surface area contributed by atoms with Crippen LogP contribution in [0.5, 0.6) is 0 Å². The molecule has 0 aromatic rings. The van der Waals surface area contributed by atoms with Gasteiger partial charge in [-0.2, -0.15) is 0 Å². The summed E-state index contributed by atoms with van der Waals surface area (Å²) in [5, 5.41) is 23.3. The van der Waals surface area contributed by atoms with Gasteiger partial charge >= 0.3 is 5.97 Å². The zero-order valence-corrected chi connectivity index (χ0v) is 51.8. The van der Waals surface area contributed by atoms with Gasteiger partial charge in [-0.15, -0.1) is 0 Å². The number of ether oxygens (including phenoxy) is 1. The molecule has 0 heterocycles. The zero-order chi connectivity index (χ0) is 55.0. The van der Waals surface area contributed by atoms with Gasteiger partial charge in [-0.1, -0.05) is 366 Å². The maximum absolute atomic E-state index is 12.5. The van der Waals surface area contributed by atoms with Crippen LogP contribution >= 0.6 is 0 Å². The standard InChI is InChI=1S/C70H137NO5/c1-3-5-7-9-11-13-15-17-18-19-20-21-22-23-24-26-29-32-35-39-42-46-50-54-58-62-68(73)67(66-72)71-69(74)63-59-55-51-47-43-40-36-33-30-27-25-28-31-34-37-41-45-49-53-57-61-65-76-70(75)64-60-56-52-48-44-38-16-14-12-10-8-6-4-2/h58,62,67-68,72-73H,3-57,59-61,63-66H2,1-2H3,(H,71,74)/b62-58+. The quantitative estimate of drug-likeness (QED) is 0.0320. The van der Waals surface area contributed by atoms with Gasteiger partial charge in [0.25, 0.3) is 0 Å². The molecule has 6 nitrogen and oxygen atoms in total. The third-order valence-corrected chi connectivity index (χ3v) is 16.6. The van der Waals surface area contributed by atoms with Crippen LogP contribution in [0.15, 0.2) is 12.2 Å². The van der Waals surface area contributed by atoms with Crippen LogP contribution in [0.4, 0.5) is 0 Å². The van der Waals surface area contributed by atoms with Gasteiger partial charge in [-0.3, -0.25) is 9.59 Å². The van der Waals surface area contributed by atoms with E-state index in [0.29, 0.717) is 19.4 Å². The van der Waals surface area contributed by atoms with Gasteiger partial charge in [0, 0.05) is 12.8 Å². The monoisotopic (exact) mass is 1070 g/mol. The summed E-state index contributed by atoms with van der Waals surface area (Å²) in [4.78, 5) is 24.6. The summed E-state index contributed by atoms with van der Waals surface area (Å²) < 4.78 is 5.49. The topological polar surface area (TPSA) is 95.9 Å². The van der Waals surface area contributed by atoms with Crippen LogP contribution in [0, 0.1) is 0 Å². The van der Waals surface area contributed by atoms with E-state index in [1.54, 1.807) is 6.08 Å². The lowest BCUT2D eigenvalue weighted by molar-refractivity contribution is -0.143. The number of hydrogen-bond donors (Lipinski definition) is 3. The molecule has 0 spiro atoms. The van der Waals surface area contributed by atoms with Crippen molar-refractivity contribution in [3.05, 3.63) is 12.2 Å². The molecule has 0 aliphatic carbocycles. The van der Waals surface area contributed by atoms with E-state index in [1.807, 2.05) is 6.08 Å². The molecular weight excluding hydrogens is 935 g/mol. The van der Waals surface area contributed by atoms with E-state index >= 15 is 0 Å². The minimum atomic E-state index is -0.846. The number of rotatable bonds is 66. The third-order valence-electron chi connectivity index (χ3n) is 16.6. The van der Waals surface area contributed by atoms with Crippen LogP contribution in [-0.2, 0) is 14.3 Å². The van der Waals surface area contributed by atoms with Crippen molar-refractivity contribution in [1.29, 1.82) is 0 Å². The van der Waals surface area contributed by atoms with E-state index in [-0.39, 0.29) is 18.5 Å². The average molecular weight is 1070 g/mol. The maximum atomic E-state index is 12.5.